The summed E-state index contributed by atoms with van der Waals surface area (Å²) in [6, 6.07) is 4.84. The molecule has 1 aromatic carbocycles. The quantitative estimate of drug-likeness (QED) is 0.106. The number of hydrogen-bond acceptors (Lipinski definition) is 7. The number of carbonyl (C=O) groups excluding carboxylic acids is 2. The van der Waals surface area contributed by atoms with Crippen LogP contribution in [-0.2, 0) is 16.0 Å². The predicted molar refractivity (Wildman–Crippen MR) is 90.3 cm³/mol. The van der Waals surface area contributed by atoms with Gasteiger partial charge in [-0.2, -0.15) is 0 Å². The van der Waals surface area contributed by atoms with E-state index >= 15 is 0 Å². The molecule has 134 valence electrons. The van der Waals surface area contributed by atoms with Crippen LogP contribution in [0.5, 0.6) is 5.75 Å². The van der Waals surface area contributed by atoms with E-state index in [2.05, 4.69) is 16.1 Å². The first-order chi connectivity index (χ1) is 11.5. The summed E-state index contributed by atoms with van der Waals surface area (Å²) in [4.78, 5) is 23.8. The van der Waals surface area contributed by atoms with Crippen LogP contribution in [0.25, 0.3) is 0 Å². The molecular formula is C15H26N6O3. The number of carbonyl (C=O) groups is 2. The zero-order valence-corrected chi connectivity index (χ0v) is 13.5. The molecule has 0 aliphatic carbocycles. The number of phenolic OH excluding ortho intramolecular Hbond substituents is 1. The summed E-state index contributed by atoms with van der Waals surface area (Å²) in [7, 11) is 0. The molecule has 10 N–H and O–H groups in total. The molecule has 0 aliphatic rings. The van der Waals surface area contributed by atoms with Crippen molar-refractivity contribution in [1.82, 2.24) is 16.1 Å². The van der Waals surface area contributed by atoms with Gasteiger partial charge in [0, 0.05) is 13.1 Å². The number of rotatable bonds is 11. The Labute approximate surface area is 140 Å². The Morgan fingerprint density at radius 3 is 2.38 bits per heavy atom. The van der Waals surface area contributed by atoms with Crippen LogP contribution in [0.4, 0.5) is 0 Å². The minimum atomic E-state index is -0.861. The van der Waals surface area contributed by atoms with E-state index in [9.17, 15) is 14.7 Å². The molecule has 2 atom stereocenters. The van der Waals surface area contributed by atoms with E-state index in [0.717, 1.165) is 5.56 Å². The van der Waals surface area contributed by atoms with Crippen molar-refractivity contribution in [3.63, 3.8) is 0 Å². The fourth-order valence-electron chi connectivity index (χ4n) is 2.19. The largest absolute Gasteiger partial charge is 0.508 e. The van der Waals surface area contributed by atoms with Gasteiger partial charge in [0.1, 0.15) is 11.8 Å². The van der Waals surface area contributed by atoms with Gasteiger partial charge in [0.25, 0.3) is 0 Å². The third kappa shape index (κ3) is 6.92. The summed E-state index contributed by atoms with van der Waals surface area (Å²) in [5.74, 6) is 4.49. The molecule has 1 rings (SSSR count). The fourth-order valence-corrected chi connectivity index (χ4v) is 2.19. The van der Waals surface area contributed by atoms with E-state index in [1.165, 1.54) is 12.1 Å². The Balaban J connectivity index is 2.60. The zero-order valence-electron chi connectivity index (χ0n) is 13.5. The maximum absolute atomic E-state index is 12.3. The van der Waals surface area contributed by atoms with Gasteiger partial charge in [0.2, 0.25) is 11.8 Å². The highest BCUT2D eigenvalue weighted by Crippen LogP contribution is 2.11. The Hall–Kier alpha value is -2.20. The third-order valence-electron chi connectivity index (χ3n) is 3.54. The molecule has 2 unspecified atom stereocenters. The van der Waals surface area contributed by atoms with E-state index < -0.39 is 23.9 Å². The summed E-state index contributed by atoms with van der Waals surface area (Å²) in [6.07, 6.45) is 1.41. The zero-order chi connectivity index (χ0) is 17.9. The number of hydrogen-bond donors (Lipinski definition) is 7. The van der Waals surface area contributed by atoms with Crippen molar-refractivity contribution < 1.29 is 14.7 Å². The molecule has 9 nitrogen and oxygen atoms in total. The van der Waals surface area contributed by atoms with Gasteiger partial charge in [-0.15, -0.1) is 0 Å². The average molecular weight is 338 g/mol. The molecule has 0 radical (unpaired) electrons. The fraction of sp³-hybridized carbons (Fsp3) is 0.467. The van der Waals surface area contributed by atoms with E-state index in [-0.39, 0.29) is 12.2 Å². The predicted octanol–water partition coefficient (Wildman–Crippen LogP) is -1.98. The van der Waals surface area contributed by atoms with Crippen molar-refractivity contribution in [1.29, 1.82) is 0 Å². The van der Waals surface area contributed by atoms with Gasteiger partial charge in [0.05, 0.1) is 6.04 Å². The van der Waals surface area contributed by atoms with Crippen LogP contribution >= 0.6 is 0 Å². The van der Waals surface area contributed by atoms with Gasteiger partial charge in [-0.05, 0) is 37.1 Å². The van der Waals surface area contributed by atoms with Gasteiger partial charge < -0.3 is 27.2 Å². The monoisotopic (exact) mass is 338 g/mol. The molecule has 0 fully saturated rings. The average Bonchev–Trinajstić information content (AvgIpc) is 2.56. The highest BCUT2D eigenvalue weighted by atomic mass is 16.3. The maximum Gasteiger partial charge on any atom is 0.240 e. The molecule has 1 aromatic rings. The number of aromatic hydroxyl groups is 1. The number of hydrazine groups is 1. The highest BCUT2D eigenvalue weighted by molar-refractivity contribution is 5.89. The molecule has 0 aromatic heterocycles. The van der Waals surface area contributed by atoms with Crippen LogP contribution in [-0.4, -0.2) is 42.2 Å². The smallest absolute Gasteiger partial charge is 0.240 e. The van der Waals surface area contributed by atoms with Crippen molar-refractivity contribution in [2.45, 2.75) is 31.3 Å². The minimum Gasteiger partial charge on any atom is -0.508 e. The lowest BCUT2D eigenvalue weighted by Gasteiger charge is -2.20. The lowest BCUT2D eigenvalue weighted by atomic mass is 10.0. The topological polar surface area (TPSA) is 169 Å². The number of phenols is 1. The van der Waals surface area contributed by atoms with Crippen LogP contribution < -0.4 is 33.4 Å². The second-order valence-corrected chi connectivity index (χ2v) is 5.40. The second kappa shape index (κ2) is 10.6. The van der Waals surface area contributed by atoms with Crippen LogP contribution in [0.15, 0.2) is 24.3 Å². The summed E-state index contributed by atoms with van der Waals surface area (Å²) >= 11 is 0. The SMILES string of the molecule is NCNCCCC(NN)C(=O)NC(Cc1ccc(O)cc1)C(N)=O. The molecule has 0 saturated heterocycles. The summed E-state index contributed by atoms with van der Waals surface area (Å²) in [5, 5.41) is 14.8. The normalized spacial score (nSPS) is 13.2. The van der Waals surface area contributed by atoms with Crippen LogP contribution in [0.1, 0.15) is 18.4 Å². The van der Waals surface area contributed by atoms with E-state index in [0.29, 0.717) is 26.1 Å². The van der Waals surface area contributed by atoms with Gasteiger partial charge in [-0.3, -0.25) is 15.4 Å². The van der Waals surface area contributed by atoms with Crippen molar-refractivity contribution in [3.8, 4) is 5.75 Å². The van der Waals surface area contributed by atoms with Crippen LogP contribution in [0.3, 0.4) is 0 Å². The molecule has 0 heterocycles. The summed E-state index contributed by atoms with van der Waals surface area (Å²) in [6.45, 7) is 1.03. The van der Waals surface area contributed by atoms with Crippen molar-refractivity contribution in [3.05, 3.63) is 29.8 Å². The number of amides is 2. The first-order valence-electron chi connectivity index (χ1n) is 7.72. The second-order valence-electron chi connectivity index (χ2n) is 5.40. The third-order valence-corrected chi connectivity index (χ3v) is 3.54. The first-order valence-corrected chi connectivity index (χ1v) is 7.72. The van der Waals surface area contributed by atoms with Gasteiger partial charge >= 0.3 is 0 Å². The molecule has 0 saturated carbocycles. The summed E-state index contributed by atoms with van der Waals surface area (Å²) in [5.41, 5.74) is 13.9. The van der Waals surface area contributed by atoms with Gasteiger partial charge in [-0.1, -0.05) is 12.1 Å². The Kier molecular flexibility index (Phi) is 8.72. The maximum atomic E-state index is 12.3. The van der Waals surface area contributed by atoms with E-state index in [1.807, 2.05) is 0 Å². The molecule has 24 heavy (non-hydrogen) atoms. The van der Waals surface area contributed by atoms with Crippen LogP contribution in [0.2, 0.25) is 0 Å². The number of nitrogens with one attached hydrogen (secondary N) is 3. The molecule has 9 heteroatoms. The Morgan fingerprint density at radius 1 is 1.17 bits per heavy atom. The highest BCUT2D eigenvalue weighted by Gasteiger charge is 2.23. The molecule has 0 bridgehead atoms. The van der Waals surface area contributed by atoms with Crippen molar-refractivity contribution in [2.75, 3.05) is 13.2 Å². The molecule has 2 amide bonds. The summed E-state index contributed by atoms with van der Waals surface area (Å²) < 4.78 is 0. The van der Waals surface area contributed by atoms with Crippen molar-refractivity contribution >= 4 is 11.8 Å². The lowest BCUT2D eigenvalue weighted by Crippen LogP contribution is -2.54. The Morgan fingerprint density at radius 2 is 1.83 bits per heavy atom. The number of benzene rings is 1. The van der Waals surface area contributed by atoms with Gasteiger partial charge in [-0.25, -0.2) is 5.43 Å². The molecule has 0 aliphatic heterocycles. The minimum absolute atomic E-state index is 0.122. The molecule has 0 spiro atoms. The van der Waals surface area contributed by atoms with Gasteiger partial charge in [0.15, 0.2) is 0 Å². The molecular weight excluding hydrogens is 312 g/mol. The Bertz CT molecular complexity index is 522. The number of primary amides is 1. The number of nitrogens with two attached hydrogens (primary N) is 3. The van der Waals surface area contributed by atoms with Crippen molar-refractivity contribution in [2.24, 2.45) is 17.3 Å². The van der Waals surface area contributed by atoms with E-state index in [4.69, 9.17) is 17.3 Å². The lowest BCUT2D eigenvalue weighted by molar-refractivity contribution is -0.128. The first kappa shape index (κ1) is 19.8. The van der Waals surface area contributed by atoms with E-state index in [1.54, 1.807) is 12.1 Å². The van der Waals surface area contributed by atoms with Crippen LogP contribution in [0, 0.1) is 0 Å². The standard InChI is InChI=1S/C15H26N6O3/c16-9-19-7-1-2-12(21-18)15(24)20-13(14(17)23)8-10-3-5-11(22)6-4-10/h3-6,12-13,19,21-22H,1-2,7-9,16,18H2,(H2,17,23)(H,20,24).